The fourth-order valence-corrected chi connectivity index (χ4v) is 2.00. The molecule has 0 aliphatic heterocycles. The van der Waals surface area contributed by atoms with Crippen LogP contribution in [0.2, 0.25) is 0 Å². The molecule has 0 saturated heterocycles. The molecule has 1 aromatic carbocycles. The van der Waals surface area contributed by atoms with Crippen LogP contribution in [0.1, 0.15) is 16.1 Å². The van der Waals surface area contributed by atoms with E-state index >= 15 is 0 Å². The number of amides is 3. The van der Waals surface area contributed by atoms with Crippen molar-refractivity contribution in [3.8, 4) is 0 Å². The van der Waals surface area contributed by atoms with Crippen LogP contribution in [0.25, 0.3) is 0 Å². The average molecular weight is 330 g/mol. The standard InChI is InChI=1S/C17H19FN4O2/c1-22(2)16(23)15-11-14(8-10-19-15)21-17(24)20-9-7-12-3-5-13(18)6-4-12/h3-6,8,10-11H,7,9H2,1-2H3,(H2,19,20,21,24). The van der Waals surface area contributed by atoms with Crippen LogP contribution in [0.4, 0.5) is 14.9 Å². The molecule has 7 heteroatoms. The number of aromatic nitrogens is 1. The molecule has 6 nitrogen and oxygen atoms in total. The third-order valence-corrected chi connectivity index (χ3v) is 3.26. The highest BCUT2D eigenvalue weighted by Gasteiger charge is 2.10. The quantitative estimate of drug-likeness (QED) is 0.883. The second-order valence-corrected chi connectivity index (χ2v) is 5.39. The normalized spacial score (nSPS) is 10.1. The Morgan fingerprint density at radius 3 is 2.54 bits per heavy atom. The molecule has 0 unspecified atom stereocenters. The largest absolute Gasteiger partial charge is 0.343 e. The lowest BCUT2D eigenvalue weighted by atomic mass is 10.1. The Labute approximate surface area is 139 Å². The van der Waals surface area contributed by atoms with E-state index in [1.807, 2.05) is 0 Å². The van der Waals surface area contributed by atoms with Gasteiger partial charge in [-0.05, 0) is 36.2 Å². The molecule has 0 atom stereocenters. The summed E-state index contributed by atoms with van der Waals surface area (Å²) in [5, 5.41) is 5.36. The van der Waals surface area contributed by atoms with Crippen molar-refractivity contribution in [2.75, 3.05) is 26.0 Å². The van der Waals surface area contributed by atoms with E-state index in [-0.39, 0.29) is 23.4 Å². The Morgan fingerprint density at radius 2 is 1.88 bits per heavy atom. The predicted octanol–water partition coefficient (Wildman–Crippen LogP) is 2.29. The fraction of sp³-hybridized carbons (Fsp3) is 0.235. The number of pyridine rings is 1. The van der Waals surface area contributed by atoms with E-state index in [0.29, 0.717) is 18.7 Å². The van der Waals surface area contributed by atoms with E-state index in [1.54, 1.807) is 32.3 Å². The van der Waals surface area contributed by atoms with E-state index in [2.05, 4.69) is 15.6 Å². The second-order valence-electron chi connectivity index (χ2n) is 5.39. The zero-order valence-corrected chi connectivity index (χ0v) is 13.5. The van der Waals surface area contributed by atoms with Crippen LogP contribution in [0, 0.1) is 5.82 Å². The summed E-state index contributed by atoms with van der Waals surface area (Å²) in [4.78, 5) is 29.1. The van der Waals surface area contributed by atoms with Crippen LogP contribution in [-0.2, 0) is 6.42 Å². The third kappa shape index (κ3) is 5.05. The van der Waals surface area contributed by atoms with Crippen molar-refractivity contribution in [2.45, 2.75) is 6.42 Å². The van der Waals surface area contributed by atoms with Crippen LogP contribution < -0.4 is 10.6 Å². The number of hydrogen-bond acceptors (Lipinski definition) is 3. The van der Waals surface area contributed by atoms with Crippen LogP contribution in [0.15, 0.2) is 42.6 Å². The van der Waals surface area contributed by atoms with Crippen LogP contribution in [-0.4, -0.2) is 42.5 Å². The van der Waals surface area contributed by atoms with Gasteiger partial charge in [0.15, 0.2) is 0 Å². The van der Waals surface area contributed by atoms with Gasteiger partial charge < -0.3 is 15.5 Å². The van der Waals surface area contributed by atoms with E-state index in [4.69, 9.17) is 0 Å². The fourth-order valence-electron chi connectivity index (χ4n) is 2.00. The number of urea groups is 1. The molecule has 0 aliphatic rings. The first kappa shape index (κ1) is 17.4. The molecule has 24 heavy (non-hydrogen) atoms. The Kier molecular flexibility index (Phi) is 5.83. The number of halogens is 1. The van der Waals surface area contributed by atoms with Gasteiger partial charge in [0.05, 0.1) is 0 Å². The maximum absolute atomic E-state index is 12.8. The molecular formula is C17H19FN4O2. The van der Waals surface area contributed by atoms with Gasteiger partial charge in [-0.15, -0.1) is 0 Å². The lowest BCUT2D eigenvalue weighted by Crippen LogP contribution is -2.30. The van der Waals surface area contributed by atoms with Crippen LogP contribution >= 0.6 is 0 Å². The van der Waals surface area contributed by atoms with E-state index < -0.39 is 0 Å². The molecule has 0 aliphatic carbocycles. The molecule has 0 spiro atoms. The maximum Gasteiger partial charge on any atom is 0.319 e. The molecule has 0 fully saturated rings. The van der Waals surface area contributed by atoms with Crippen molar-refractivity contribution < 1.29 is 14.0 Å². The summed E-state index contributed by atoms with van der Waals surface area (Å²) in [6.07, 6.45) is 2.05. The molecule has 1 aromatic heterocycles. The molecule has 0 bridgehead atoms. The Balaban J connectivity index is 1.85. The lowest BCUT2D eigenvalue weighted by Gasteiger charge is -2.11. The molecule has 0 radical (unpaired) electrons. The van der Waals surface area contributed by atoms with Crippen molar-refractivity contribution >= 4 is 17.6 Å². The minimum absolute atomic E-state index is 0.240. The first-order chi connectivity index (χ1) is 11.5. The summed E-state index contributed by atoms with van der Waals surface area (Å²) in [5.74, 6) is -0.527. The number of carbonyl (C=O) groups excluding carboxylic acids is 2. The summed E-state index contributed by atoms with van der Waals surface area (Å²) in [6.45, 7) is 0.409. The predicted molar refractivity (Wildman–Crippen MR) is 89.4 cm³/mol. The highest BCUT2D eigenvalue weighted by Crippen LogP contribution is 2.09. The van der Waals surface area contributed by atoms with E-state index in [9.17, 15) is 14.0 Å². The van der Waals surface area contributed by atoms with E-state index in [1.165, 1.54) is 29.3 Å². The Bertz CT molecular complexity index is 717. The third-order valence-electron chi connectivity index (χ3n) is 3.26. The first-order valence-corrected chi connectivity index (χ1v) is 7.42. The van der Waals surface area contributed by atoms with Gasteiger partial charge in [-0.3, -0.25) is 9.78 Å². The first-order valence-electron chi connectivity index (χ1n) is 7.42. The highest BCUT2D eigenvalue weighted by molar-refractivity contribution is 5.95. The zero-order chi connectivity index (χ0) is 17.5. The van der Waals surface area contributed by atoms with Crippen molar-refractivity contribution in [1.29, 1.82) is 0 Å². The molecule has 3 amide bonds. The Hall–Kier alpha value is -2.96. The van der Waals surface area contributed by atoms with E-state index in [0.717, 1.165) is 5.56 Å². The number of rotatable bonds is 5. The summed E-state index contributed by atoms with van der Waals surface area (Å²) in [5.41, 5.74) is 1.66. The molecule has 2 N–H and O–H groups in total. The van der Waals surface area contributed by atoms with Crippen molar-refractivity contribution in [1.82, 2.24) is 15.2 Å². The molecule has 0 saturated carbocycles. The molecular weight excluding hydrogens is 311 g/mol. The molecule has 2 rings (SSSR count). The van der Waals surface area contributed by atoms with Gasteiger partial charge in [-0.2, -0.15) is 0 Å². The number of hydrogen-bond donors (Lipinski definition) is 2. The van der Waals surface area contributed by atoms with Gasteiger partial charge in [0.2, 0.25) is 0 Å². The van der Waals surface area contributed by atoms with Gasteiger partial charge in [0.25, 0.3) is 5.91 Å². The Morgan fingerprint density at radius 1 is 1.17 bits per heavy atom. The minimum atomic E-state index is -0.383. The summed E-state index contributed by atoms with van der Waals surface area (Å²) < 4.78 is 12.8. The van der Waals surface area contributed by atoms with Gasteiger partial charge in [0, 0.05) is 32.5 Å². The monoisotopic (exact) mass is 330 g/mol. The number of nitrogens with one attached hydrogen (secondary N) is 2. The van der Waals surface area contributed by atoms with Crippen LogP contribution in [0.5, 0.6) is 0 Å². The van der Waals surface area contributed by atoms with Crippen molar-refractivity contribution in [2.24, 2.45) is 0 Å². The molecule has 126 valence electrons. The maximum atomic E-state index is 12.8. The average Bonchev–Trinajstić information content (AvgIpc) is 2.56. The zero-order valence-electron chi connectivity index (χ0n) is 13.5. The molecule has 2 aromatic rings. The van der Waals surface area contributed by atoms with Gasteiger partial charge in [-0.25, -0.2) is 9.18 Å². The SMILES string of the molecule is CN(C)C(=O)c1cc(NC(=O)NCCc2ccc(F)cc2)ccn1. The number of benzene rings is 1. The van der Waals surface area contributed by atoms with Crippen molar-refractivity contribution in [3.05, 3.63) is 59.7 Å². The van der Waals surface area contributed by atoms with Gasteiger partial charge in [0.1, 0.15) is 11.5 Å². The highest BCUT2D eigenvalue weighted by atomic mass is 19.1. The summed E-state index contributed by atoms with van der Waals surface area (Å²) >= 11 is 0. The number of anilines is 1. The van der Waals surface area contributed by atoms with Crippen LogP contribution in [0.3, 0.4) is 0 Å². The minimum Gasteiger partial charge on any atom is -0.343 e. The second kappa shape index (κ2) is 8.05. The molecule has 1 heterocycles. The lowest BCUT2D eigenvalue weighted by molar-refractivity contribution is 0.0822. The van der Waals surface area contributed by atoms with Gasteiger partial charge >= 0.3 is 6.03 Å². The summed E-state index contributed by atoms with van der Waals surface area (Å²) in [6, 6.07) is 8.86. The number of nitrogens with zero attached hydrogens (tertiary/aromatic N) is 2. The van der Waals surface area contributed by atoms with Gasteiger partial charge in [-0.1, -0.05) is 12.1 Å². The summed E-state index contributed by atoms with van der Waals surface area (Å²) in [7, 11) is 3.26. The smallest absolute Gasteiger partial charge is 0.319 e. The topological polar surface area (TPSA) is 74.3 Å². The van der Waals surface area contributed by atoms with Crippen molar-refractivity contribution in [3.63, 3.8) is 0 Å². The number of carbonyl (C=O) groups is 2.